The predicted molar refractivity (Wildman–Crippen MR) is 134 cm³/mol. The molecule has 0 aromatic heterocycles. The van der Waals surface area contributed by atoms with Gasteiger partial charge in [-0.15, -0.1) is 0 Å². The van der Waals surface area contributed by atoms with E-state index < -0.39 is 34.3 Å². The van der Waals surface area contributed by atoms with Gasteiger partial charge in [-0.25, -0.2) is 12.8 Å². The number of hydrogen-bond donors (Lipinski definition) is 1. The maximum Gasteiger partial charge on any atom is 0.244 e. The Labute approximate surface area is 207 Å². The molecule has 1 atom stereocenters. The molecule has 2 aromatic rings. The lowest BCUT2D eigenvalue weighted by atomic mass is 10.1. The Hall–Kier alpha value is -3.14. The van der Waals surface area contributed by atoms with Gasteiger partial charge in [0.2, 0.25) is 21.8 Å². The number of methoxy groups -OCH3 is 1. The third kappa shape index (κ3) is 7.95. The molecule has 2 rings (SSSR count). The van der Waals surface area contributed by atoms with Crippen molar-refractivity contribution in [3.05, 3.63) is 59.9 Å². The molecule has 2 aromatic carbocycles. The van der Waals surface area contributed by atoms with E-state index in [4.69, 9.17) is 4.74 Å². The Morgan fingerprint density at radius 3 is 2.26 bits per heavy atom. The second-order valence-corrected chi connectivity index (χ2v) is 10.6. The summed E-state index contributed by atoms with van der Waals surface area (Å²) in [6, 6.07) is 11.2. The van der Waals surface area contributed by atoms with Crippen molar-refractivity contribution in [1.29, 1.82) is 0 Å². The van der Waals surface area contributed by atoms with E-state index in [0.717, 1.165) is 10.6 Å². The van der Waals surface area contributed by atoms with Crippen LogP contribution in [0, 0.1) is 11.7 Å². The largest absolute Gasteiger partial charge is 0.495 e. The first-order valence-electron chi connectivity index (χ1n) is 11.4. The number of hydrogen-bond acceptors (Lipinski definition) is 5. The number of carbonyl (C=O) groups is 2. The minimum atomic E-state index is -3.88. The number of halogens is 1. The second kappa shape index (κ2) is 12.5. The molecular weight excluding hydrogens is 473 g/mol. The van der Waals surface area contributed by atoms with Gasteiger partial charge in [-0.1, -0.05) is 45.0 Å². The van der Waals surface area contributed by atoms with Crippen LogP contribution in [0.3, 0.4) is 0 Å². The zero-order valence-electron chi connectivity index (χ0n) is 20.8. The van der Waals surface area contributed by atoms with Crippen molar-refractivity contribution >= 4 is 27.5 Å². The van der Waals surface area contributed by atoms with Gasteiger partial charge in [-0.3, -0.25) is 13.9 Å². The number of anilines is 1. The van der Waals surface area contributed by atoms with E-state index in [1.54, 1.807) is 31.2 Å². The van der Waals surface area contributed by atoms with Gasteiger partial charge in [-0.2, -0.15) is 0 Å². The molecule has 10 heteroatoms. The molecule has 0 radical (unpaired) electrons. The summed E-state index contributed by atoms with van der Waals surface area (Å²) in [5, 5.41) is 2.85. The topological polar surface area (TPSA) is 96.0 Å². The van der Waals surface area contributed by atoms with Crippen LogP contribution in [-0.4, -0.2) is 57.6 Å². The van der Waals surface area contributed by atoms with Crippen molar-refractivity contribution in [2.24, 2.45) is 5.92 Å². The van der Waals surface area contributed by atoms with Crippen LogP contribution in [-0.2, 0) is 26.2 Å². The van der Waals surface area contributed by atoms with E-state index in [9.17, 15) is 22.4 Å². The molecule has 0 spiro atoms. The molecule has 0 saturated carbocycles. The van der Waals surface area contributed by atoms with Gasteiger partial charge in [-0.05, 0) is 42.2 Å². The van der Waals surface area contributed by atoms with E-state index in [0.29, 0.717) is 18.5 Å². The molecule has 0 aliphatic heterocycles. The minimum absolute atomic E-state index is 0.0102. The molecule has 2 amide bonds. The SMILES string of the molecule is CC[C@H](C(=O)NCC(C)C)N(Cc1ccc(F)cc1)C(=O)CN(c1ccccc1OC)S(C)(=O)=O. The zero-order chi connectivity index (χ0) is 26.2. The molecule has 192 valence electrons. The number of benzene rings is 2. The fourth-order valence-electron chi connectivity index (χ4n) is 3.56. The van der Waals surface area contributed by atoms with Gasteiger partial charge in [0.15, 0.2) is 0 Å². The van der Waals surface area contributed by atoms with Crippen molar-refractivity contribution in [2.75, 3.05) is 30.8 Å². The fourth-order valence-corrected chi connectivity index (χ4v) is 4.41. The van der Waals surface area contributed by atoms with Crippen molar-refractivity contribution in [3.8, 4) is 5.75 Å². The summed E-state index contributed by atoms with van der Waals surface area (Å²) in [4.78, 5) is 28.0. The number of nitrogens with zero attached hydrogens (tertiary/aromatic N) is 2. The van der Waals surface area contributed by atoms with E-state index in [1.165, 1.54) is 36.3 Å². The molecule has 0 bridgehead atoms. The Morgan fingerprint density at radius 2 is 1.71 bits per heavy atom. The van der Waals surface area contributed by atoms with Gasteiger partial charge in [0, 0.05) is 13.1 Å². The Kier molecular flexibility index (Phi) is 10.1. The maximum atomic E-state index is 13.6. The maximum absolute atomic E-state index is 13.6. The minimum Gasteiger partial charge on any atom is -0.495 e. The van der Waals surface area contributed by atoms with Gasteiger partial charge in [0.05, 0.1) is 19.1 Å². The first-order valence-corrected chi connectivity index (χ1v) is 13.2. The van der Waals surface area contributed by atoms with Gasteiger partial charge in [0.25, 0.3) is 0 Å². The molecular formula is C25H34FN3O5S. The van der Waals surface area contributed by atoms with Crippen LogP contribution in [0.15, 0.2) is 48.5 Å². The van der Waals surface area contributed by atoms with Crippen LogP contribution < -0.4 is 14.4 Å². The number of nitrogens with one attached hydrogen (secondary N) is 1. The molecule has 0 aliphatic carbocycles. The normalized spacial score (nSPS) is 12.2. The van der Waals surface area contributed by atoms with Crippen molar-refractivity contribution in [2.45, 2.75) is 39.8 Å². The molecule has 0 heterocycles. The van der Waals surface area contributed by atoms with Gasteiger partial charge < -0.3 is 15.0 Å². The Bertz CT molecular complexity index is 1110. The number of carbonyl (C=O) groups excluding carboxylic acids is 2. The standard InChI is InChI=1S/C25H34FN3O5S/c1-6-21(25(31)27-15-18(2)3)28(16-19-11-13-20(26)14-12-19)24(30)17-29(35(5,32)33)22-9-7-8-10-23(22)34-4/h7-14,18,21H,6,15-17H2,1-5H3,(H,27,31)/t21-/m1/s1. The average molecular weight is 508 g/mol. The highest BCUT2D eigenvalue weighted by Gasteiger charge is 2.32. The summed E-state index contributed by atoms with van der Waals surface area (Å²) in [6.45, 7) is 5.61. The van der Waals surface area contributed by atoms with Gasteiger partial charge >= 0.3 is 0 Å². The highest BCUT2D eigenvalue weighted by Crippen LogP contribution is 2.29. The van der Waals surface area contributed by atoms with Crippen LogP contribution in [0.2, 0.25) is 0 Å². The summed E-state index contributed by atoms with van der Waals surface area (Å²) in [5.41, 5.74) is 0.822. The first kappa shape index (κ1) is 28.1. The summed E-state index contributed by atoms with van der Waals surface area (Å²) >= 11 is 0. The Balaban J connectivity index is 2.44. The highest BCUT2D eigenvalue weighted by molar-refractivity contribution is 7.92. The molecule has 1 N–H and O–H groups in total. The molecule has 0 unspecified atom stereocenters. The monoisotopic (exact) mass is 507 g/mol. The number of para-hydroxylation sites is 2. The molecule has 35 heavy (non-hydrogen) atoms. The number of rotatable bonds is 12. The Morgan fingerprint density at radius 1 is 1.09 bits per heavy atom. The average Bonchev–Trinajstić information content (AvgIpc) is 2.81. The highest BCUT2D eigenvalue weighted by atomic mass is 32.2. The number of amides is 2. The van der Waals surface area contributed by atoms with Crippen LogP contribution in [0.4, 0.5) is 10.1 Å². The lowest BCUT2D eigenvalue weighted by Crippen LogP contribution is -2.52. The second-order valence-electron chi connectivity index (χ2n) is 8.65. The molecule has 0 saturated heterocycles. The molecule has 0 aliphatic rings. The van der Waals surface area contributed by atoms with Crippen molar-refractivity contribution in [1.82, 2.24) is 10.2 Å². The third-order valence-corrected chi connectivity index (χ3v) is 6.50. The summed E-state index contributed by atoms with van der Waals surface area (Å²) < 4.78 is 45.1. The quantitative estimate of drug-likeness (QED) is 0.476. The van der Waals surface area contributed by atoms with Crippen LogP contribution in [0.25, 0.3) is 0 Å². The summed E-state index contributed by atoms with van der Waals surface area (Å²) in [5.74, 6) is -0.827. The van der Waals surface area contributed by atoms with E-state index in [2.05, 4.69) is 5.32 Å². The van der Waals surface area contributed by atoms with Crippen LogP contribution >= 0.6 is 0 Å². The lowest BCUT2D eigenvalue weighted by Gasteiger charge is -2.33. The van der Waals surface area contributed by atoms with Crippen molar-refractivity contribution in [3.63, 3.8) is 0 Å². The molecule has 8 nitrogen and oxygen atoms in total. The molecule has 0 fully saturated rings. The summed E-state index contributed by atoms with van der Waals surface area (Å²) in [6.07, 6.45) is 1.31. The first-order chi connectivity index (χ1) is 16.5. The van der Waals surface area contributed by atoms with E-state index in [-0.39, 0.29) is 29.8 Å². The van der Waals surface area contributed by atoms with Crippen LogP contribution in [0.1, 0.15) is 32.8 Å². The zero-order valence-corrected chi connectivity index (χ0v) is 21.6. The smallest absolute Gasteiger partial charge is 0.244 e. The van der Waals surface area contributed by atoms with E-state index in [1.807, 2.05) is 13.8 Å². The summed E-state index contributed by atoms with van der Waals surface area (Å²) in [7, 11) is -2.47. The third-order valence-electron chi connectivity index (χ3n) is 5.37. The fraction of sp³-hybridized carbons (Fsp3) is 0.440. The predicted octanol–water partition coefficient (Wildman–Crippen LogP) is 3.18. The van der Waals surface area contributed by atoms with Crippen LogP contribution in [0.5, 0.6) is 5.75 Å². The van der Waals surface area contributed by atoms with E-state index >= 15 is 0 Å². The van der Waals surface area contributed by atoms with Crippen molar-refractivity contribution < 1.29 is 27.1 Å². The number of sulfonamides is 1. The number of ether oxygens (including phenoxy) is 1. The lowest BCUT2D eigenvalue weighted by molar-refractivity contribution is -0.140. The van der Waals surface area contributed by atoms with Gasteiger partial charge in [0.1, 0.15) is 24.2 Å².